The molecule has 1 atom stereocenters. The van der Waals surface area contributed by atoms with Gasteiger partial charge in [0.25, 0.3) is 0 Å². The molecule has 76 valence electrons. The monoisotopic (exact) mass is 201 g/mol. The molecular weight excluding hydrogens is 190 g/mol. The Morgan fingerprint density at radius 1 is 1.40 bits per heavy atom. The van der Waals surface area contributed by atoms with Crippen LogP contribution in [0.5, 0.6) is 5.88 Å². The highest BCUT2D eigenvalue weighted by atomic mass is 16.6. The van der Waals surface area contributed by atoms with E-state index < -0.39 is 0 Å². The van der Waals surface area contributed by atoms with E-state index >= 15 is 0 Å². The summed E-state index contributed by atoms with van der Waals surface area (Å²) in [5, 5.41) is 1.13. The third-order valence-corrected chi connectivity index (χ3v) is 2.59. The Hall–Kier alpha value is -1.61. The maximum Gasteiger partial charge on any atom is 0.219 e. The minimum Gasteiger partial charge on any atom is -0.481 e. The molecule has 0 aliphatic carbocycles. The number of fused-ring (bicyclic) bond motifs is 1. The average Bonchev–Trinajstić information content (AvgIpc) is 3.11. The highest BCUT2D eigenvalue weighted by Crippen LogP contribution is 2.36. The Bertz CT molecular complexity index is 506. The van der Waals surface area contributed by atoms with E-state index in [0.717, 1.165) is 23.1 Å². The molecule has 0 saturated carbocycles. The molecule has 1 fully saturated rings. The number of pyridine rings is 1. The van der Waals surface area contributed by atoms with Gasteiger partial charge in [-0.25, -0.2) is 4.98 Å². The van der Waals surface area contributed by atoms with Crippen LogP contribution in [0.15, 0.2) is 30.3 Å². The van der Waals surface area contributed by atoms with Gasteiger partial charge in [0, 0.05) is 10.9 Å². The molecule has 1 unspecified atom stereocenters. The minimum atomic E-state index is 0.178. The smallest absolute Gasteiger partial charge is 0.219 e. The van der Waals surface area contributed by atoms with Gasteiger partial charge in [-0.05, 0) is 12.1 Å². The molecular formula is C12H11NO2. The maximum absolute atomic E-state index is 5.27. The second-order valence-corrected chi connectivity index (χ2v) is 3.60. The Labute approximate surface area is 87.6 Å². The van der Waals surface area contributed by atoms with Gasteiger partial charge in [0.2, 0.25) is 5.88 Å². The van der Waals surface area contributed by atoms with Crippen LogP contribution in [-0.2, 0) is 4.74 Å². The van der Waals surface area contributed by atoms with Gasteiger partial charge < -0.3 is 9.47 Å². The van der Waals surface area contributed by atoms with Crippen LogP contribution in [0.4, 0.5) is 0 Å². The summed E-state index contributed by atoms with van der Waals surface area (Å²) >= 11 is 0. The molecule has 1 aromatic heterocycles. The SMILES string of the molecule is COc1nc2ccccc2cc1C1CO1. The molecule has 1 aliphatic rings. The number of nitrogens with zero attached hydrogens (tertiary/aromatic N) is 1. The fraction of sp³-hybridized carbons (Fsp3) is 0.250. The van der Waals surface area contributed by atoms with Crippen LogP contribution in [0, 0.1) is 0 Å². The largest absolute Gasteiger partial charge is 0.481 e. The zero-order chi connectivity index (χ0) is 10.3. The summed E-state index contributed by atoms with van der Waals surface area (Å²) in [4.78, 5) is 4.45. The van der Waals surface area contributed by atoms with Gasteiger partial charge in [-0.3, -0.25) is 0 Å². The van der Waals surface area contributed by atoms with Crippen LogP contribution >= 0.6 is 0 Å². The Kier molecular flexibility index (Phi) is 1.86. The standard InChI is InChI=1S/C12H11NO2/c1-14-12-9(11-7-15-11)6-8-4-2-3-5-10(8)13-12/h2-6,11H,7H2,1H3. The van der Waals surface area contributed by atoms with E-state index in [1.54, 1.807) is 7.11 Å². The number of epoxide rings is 1. The van der Waals surface area contributed by atoms with E-state index in [2.05, 4.69) is 11.1 Å². The number of methoxy groups -OCH3 is 1. The lowest BCUT2D eigenvalue weighted by Gasteiger charge is -2.06. The van der Waals surface area contributed by atoms with Gasteiger partial charge in [0.1, 0.15) is 6.10 Å². The van der Waals surface area contributed by atoms with E-state index in [1.807, 2.05) is 24.3 Å². The predicted octanol–water partition coefficient (Wildman–Crippen LogP) is 2.31. The van der Waals surface area contributed by atoms with E-state index in [1.165, 1.54) is 0 Å². The Morgan fingerprint density at radius 2 is 2.20 bits per heavy atom. The molecule has 2 heterocycles. The first-order valence-corrected chi connectivity index (χ1v) is 4.94. The summed E-state index contributed by atoms with van der Waals surface area (Å²) in [6.45, 7) is 0.774. The van der Waals surface area contributed by atoms with Crippen LogP contribution < -0.4 is 4.74 Å². The first-order valence-electron chi connectivity index (χ1n) is 4.94. The molecule has 0 spiro atoms. The van der Waals surface area contributed by atoms with Crippen molar-refractivity contribution in [3.8, 4) is 5.88 Å². The summed E-state index contributed by atoms with van der Waals surface area (Å²) in [6, 6.07) is 10.1. The Morgan fingerprint density at radius 3 is 2.93 bits per heavy atom. The van der Waals surface area contributed by atoms with Gasteiger partial charge >= 0.3 is 0 Å². The van der Waals surface area contributed by atoms with Gasteiger partial charge in [-0.1, -0.05) is 18.2 Å². The van der Waals surface area contributed by atoms with Crippen molar-refractivity contribution in [2.75, 3.05) is 13.7 Å². The molecule has 1 aromatic carbocycles. The molecule has 3 rings (SSSR count). The molecule has 0 radical (unpaired) electrons. The van der Waals surface area contributed by atoms with E-state index in [-0.39, 0.29) is 6.10 Å². The lowest BCUT2D eigenvalue weighted by Crippen LogP contribution is -1.94. The highest BCUT2D eigenvalue weighted by Gasteiger charge is 2.29. The summed E-state index contributed by atoms with van der Waals surface area (Å²) in [5.74, 6) is 0.677. The van der Waals surface area contributed by atoms with Crippen molar-refractivity contribution in [3.63, 3.8) is 0 Å². The molecule has 15 heavy (non-hydrogen) atoms. The Balaban J connectivity index is 2.24. The van der Waals surface area contributed by atoms with Crippen LogP contribution in [-0.4, -0.2) is 18.7 Å². The zero-order valence-electron chi connectivity index (χ0n) is 8.43. The molecule has 1 aliphatic heterocycles. The minimum absolute atomic E-state index is 0.178. The number of para-hydroxylation sites is 1. The van der Waals surface area contributed by atoms with Gasteiger partial charge in [-0.15, -0.1) is 0 Å². The van der Waals surface area contributed by atoms with Crippen molar-refractivity contribution in [2.45, 2.75) is 6.10 Å². The van der Waals surface area contributed by atoms with Crippen LogP contribution in [0.3, 0.4) is 0 Å². The summed E-state index contributed by atoms with van der Waals surface area (Å²) in [5.41, 5.74) is 2.01. The van der Waals surface area contributed by atoms with Crippen LogP contribution in [0.25, 0.3) is 10.9 Å². The summed E-state index contributed by atoms with van der Waals surface area (Å²) in [6.07, 6.45) is 0.178. The lowest BCUT2D eigenvalue weighted by atomic mass is 10.1. The van der Waals surface area contributed by atoms with Crippen molar-refractivity contribution >= 4 is 10.9 Å². The summed E-state index contributed by atoms with van der Waals surface area (Å²) < 4.78 is 10.5. The first kappa shape index (κ1) is 8.68. The number of aromatic nitrogens is 1. The highest BCUT2D eigenvalue weighted by molar-refractivity contribution is 5.80. The van der Waals surface area contributed by atoms with E-state index in [0.29, 0.717) is 5.88 Å². The number of rotatable bonds is 2. The molecule has 1 saturated heterocycles. The lowest BCUT2D eigenvalue weighted by molar-refractivity contribution is 0.373. The predicted molar refractivity (Wildman–Crippen MR) is 57.0 cm³/mol. The van der Waals surface area contributed by atoms with Gasteiger partial charge in [0.05, 0.1) is 19.2 Å². The quantitative estimate of drug-likeness (QED) is 0.699. The topological polar surface area (TPSA) is 34.6 Å². The molecule has 0 N–H and O–H groups in total. The second-order valence-electron chi connectivity index (χ2n) is 3.60. The first-order chi connectivity index (χ1) is 7.38. The van der Waals surface area contributed by atoms with Crippen molar-refractivity contribution in [1.82, 2.24) is 4.98 Å². The van der Waals surface area contributed by atoms with E-state index in [4.69, 9.17) is 9.47 Å². The third-order valence-electron chi connectivity index (χ3n) is 2.59. The second kappa shape index (κ2) is 3.21. The van der Waals surface area contributed by atoms with Crippen LogP contribution in [0.1, 0.15) is 11.7 Å². The fourth-order valence-electron chi connectivity index (χ4n) is 1.74. The van der Waals surface area contributed by atoms with Crippen LogP contribution in [0.2, 0.25) is 0 Å². The van der Waals surface area contributed by atoms with E-state index in [9.17, 15) is 0 Å². The maximum atomic E-state index is 5.27. The zero-order valence-corrected chi connectivity index (χ0v) is 8.43. The molecule has 0 bridgehead atoms. The summed E-state index contributed by atoms with van der Waals surface area (Å²) in [7, 11) is 1.64. The number of ether oxygens (including phenoxy) is 2. The number of hydrogen-bond acceptors (Lipinski definition) is 3. The average molecular weight is 201 g/mol. The fourth-order valence-corrected chi connectivity index (χ4v) is 1.74. The van der Waals surface area contributed by atoms with Gasteiger partial charge in [0.15, 0.2) is 0 Å². The molecule has 2 aromatic rings. The van der Waals surface area contributed by atoms with Crippen molar-refractivity contribution in [2.24, 2.45) is 0 Å². The van der Waals surface area contributed by atoms with Crippen molar-refractivity contribution in [3.05, 3.63) is 35.9 Å². The molecule has 3 heteroatoms. The van der Waals surface area contributed by atoms with Crippen molar-refractivity contribution in [1.29, 1.82) is 0 Å². The van der Waals surface area contributed by atoms with Gasteiger partial charge in [-0.2, -0.15) is 0 Å². The molecule has 3 nitrogen and oxygen atoms in total. The normalized spacial score (nSPS) is 19.1. The third kappa shape index (κ3) is 1.45. The number of hydrogen-bond donors (Lipinski definition) is 0. The number of benzene rings is 1. The van der Waals surface area contributed by atoms with Crippen molar-refractivity contribution < 1.29 is 9.47 Å². The molecule has 0 amide bonds.